The molecule has 0 amide bonds. The van der Waals surface area contributed by atoms with E-state index in [1.165, 1.54) is 0 Å². The molecule has 94 valence electrons. The first-order valence-electron chi connectivity index (χ1n) is 6.23. The molecule has 0 bridgehead atoms. The van der Waals surface area contributed by atoms with Crippen molar-refractivity contribution in [3.63, 3.8) is 0 Å². The van der Waals surface area contributed by atoms with E-state index >= 15 is 0 Å². The van der Waals surface area contributed by atoms with E-state index in [9.17, 15) is 5.11 Å². The topological polar surface area (TPSA) is 70.1 Å². The van der Waals surface area contributed by atoms with Gasteiger partial charge in [-0.05, 0) is 18.9 Å². The Bertz CT molecular complexity index is 325. The van der Waals surface area contributed by atoms with Gasteiger partial charge in [0.05, 0.1) is 5.60 Å². The minimum atomic E-state index is -0.469. The lowest BCUT2D eigenvalue weighted by molar-refractivity contribution is 0.0483. The lowest BCUT2D eigenvalue weighted by atomic mass is 10.0. The van der Waals surface area contributed by atoms with Crippen LogP contribution in [0.25, 0.3) is 0 Å². The number of anilines is 1. The Balaban J connectivity index is 1.58. The standard InChI is InChI=1S/C12H20N4O/c17-12(4-1-2-5-12)10-13-8-9-16-11-14-6-3-7-15-11/h3,6-7,13,17H,1-2,4-5,8-10H2,(H,14,15,16). The molecule has 5 heteroatoms. The highest BCUT2D eigenvalue weighted by Gasteiger charge is 2.30. The van der Waals surface area contributed by atoms with Crippen molar-refractivity contribution in [1.29, 1.82) is 0 Å². The Kier molecular flexibility index (Phi) is 4.28. The van der Waals surface area contributed by atoms with E-state index in [-0.39, 0.29) is 0 Å². The molecular formula is C12H20N4O. The maximum absolute atomic E-state index is 10.1. The Morgan fingerprint density at radius 3 is 2.59 bits per heavy atom. The van der Waals surface area contributed by atoms with Gasteiger partial charge in [-0.15, -0.1) is 0 Å². The van der Waals surface area contributed by atoms with E-state index in [0.717, 1.165) is 38.8 Å². The molecule has 0 radical (unpaired) electrons. The summed E-state index contributed by atoms with van der Waals surface area (Å²) in [5, 5.41) is 16.5. The predicted octanol–water partition coefficient (Wildman–Crippen LogP) is 0.783. The first kappa shape index (κ1) is 12.3. The van der Waals surface area contributed by atoms with Gasteiger partial charge < -0.3 is 15.7 Å². The van der Waals surface area contributed by atoms with Crippen LogP contribution in [0.1, 0.15) is 25.7 Å². The van der Waals surface area contributed by atoms with Gasteiger partial charge >= 0.3 is 0 Å². The van der Waals surface area contributed by atoms with Gasteiger partial charge in [0.25, 0.3) is 0 Å². The first-order valence-corrected chi connectivity index (χ1v) is 6.23. The van der Waals surface area contributed by atoms with Crippen LogP contribution in [0.2, 0.25) is 0 Å². The average Bonchev–Trinajstić information content (AvgIpc) is 2.77. The second-order valence-electron chi connectivity index (χ2n) is 4.61. The van der Waals surface area contributed by atoms with Gasteiger partial charge in [-0.2, -0.15) is 0 Å². The molecule has 1 aromatic rings. The van der Waals surface area contributed by atoms with Crippen molar-refractivity contribution in [1.82, 2.24) is 15.3 Å². The summed E-state index contributed by atoms with van der Waals surface area (Å²) < 4.78 is 0. The van der Waals surface area contributed by atoms with Crippen molar-refractivity contribution in [3.05, 3.63) is 18.5 Å². The van der Waals surface area contributed by atoms with Crippen molar-refractivity contribution in [3.8, 4) is 0 Å². The van der Waals surface area contributed by atoms with Crippen molar-refractivity contribution < 1.29 is 5.11 Å². The maximum Gasteiger partial charge on any atom is 0.222 e. The molecule has 1 saturated carbocycles. The fraction of sp³-hybridized carbons (Fsp3) is 0.667. The number of nitrogens with zero attached hydrogens (tertiary/aromatic N) is 2. The molecule has 1 aliphatic rings. The van der Waals surface area contributed by atoms with Gasteiger partial charge in [-0.3, -0.25) is 0 Å². The zero-order valence-corrected chi connectivity index (χ0v) is 10.0. The summed E-state index contributed by atoms with van der Waals surface area (Å²) in [6, 6.07) is 1.79. The lowest BCUT2D eigenvalue weighted by Gasteiger charge is -2.22. The number of aromatic nitrogens is 2. The molecule has 0 unspecified atom stereocenters. The molecule has 0 atom stereocenters. The molecule has 3 N–H and O–H groups in total. The van der Waals surface area contributed by atoms with Crippen LogP contribution >= 0.6 is 0 Å². The van der Waals surface area contributed by atoms with Crippen LogP contribution in [0.3, 0.4) is 0 Å². The molecule has 0 aromatic carbocycles. The molecule has 1 aliphatic carbocycles. The summed E-state index contributed by atoms with van der Waals surface area (Å²) >= 11 is 0. The van der Waals surface area contributed by atoms with Gasteiger partial charge in [-0.25, -0.2) is 9.97 Å². The largest absolute Gasteiger partial charge is 0.389 e. The zero-order chi connectivity index (χ0) is 12.0. The summed E-state index contributed by atoms with van der Waals surface area (Å²) in [7, 11) is 0. The van der Waals surface area contributed by atoms with Gasteiger partial charge in [0.1, 0.15) is 0 Å². The Morgan fingerprint density at radius 2 is 1.88 bits per heavy atom. The average molecular weight is 236 g/mol. The number of hydrogen-bond donors (Lipinski definition) is 3. The van der Waals surface area contributed by atoms with E-state index in [4.69, 9.17) is 0 Å². The van der Waals surface area contributed by atoms with Crippen LogP contribution in [-0.4, -0.2) is 40.3 Å². The fourth-order valence-electron chi connectivity index (χ4n) is 2.18. The summed E-state index contributed by atoms with van der Waals surface area (Å²) in [4.78, 5) is 8.14. The van der Waals surface area contributed by atoms with Crippen molar-refractivity contribution >= 4 is 5.95 Å². The molecular weight excluding hydrogens is 216 g/mol. The summed E-state index contributed by atoms with van der Waals surface area (Å²) in [5.74, 6) is 0.647. The third-order valence-electron chi connectivity index (χ3n) is 3.14. The molecule has 2 rings (SSSR count). The van der Waals surface area contributed by atoms with Crippen molar-refractivity contribution in [2.45, 2.75) is 31.3 Å². The second kappa shape index (κ2) is 5.93. The Labute approximate surface area is 102 Å². The number of hydrogen-bond acceptors (Lipinski definition) is 5. The molecule has 1 heterocycles. The van der Waals surface area contributed by atoms with Crippen LogP contribution in [0.5, 0.6) is 0 Å². The molecule has 5 nitrogen and oxygen atoms in total. The smallest absolute Gasteiger partial charge is 0.222 e. The third kappa shape index (κ3) is 3.94. The SMILES string of the molecule is OC1(CNCCNc2ncccn2)CCCC1. The van der Waals surface area contributed by atoms with E-state index in [1.54, 1.807) is 18.5 Å². The highest BCUT2D eigenvalue weighted by Crippen LogP contribution is 2.28. The van der Waals surface area contributed by atoms with Gasteiger partial charge in [0, 0.05) is 32.0 Å². The van der Waals surface area contributed by atoms with Crippen molar-refractivity contribution in [2.75, 3.05) is 25.0 Å². The maximum atomic E-state index is 10.1. The van der Waals surface area contributed by atoms with E-state index < -0.39 is 5.60 Å². The highest BCUT2D eigenvalue weighted by molar-refractivity contribution is 5.21. The molecule has 1 fully saturated rings. The second-order valence-corrected chi connectivity index (χ2v) is 4.61. The molecule has 1 aromatic heterocycles. The van der Waals surface area contributed by atoms with Gasteiger partial charge in [0.15, 0.2) is 0 Å². The minimum Gasteiger partial charge on any atom is -0.389 e. The van der Waals surface area contributed by atoms with Crippen LogP contribution in [0.4, 0.5) is 5.95 Å². The Hall–Kier alpha value is -1.20. The van der Waals surface area contributed by atoms with E-state index in [0.29, 0.717) is 12.5 Å². The molecule has 0 aliphatic heterocycles. The number of aliphatic hydroxyl groups is 1. The van der Waals surface area contributed by atoms with Crippen LogP contribution in [0, 0.1) is 0 Å². The number of rotatable bonds is 6. The lowest BCUT2D eigenvalue weighted by Crippen LogP contribution is -2.39. The third-order valence-corrected chi connectivity index (χ3v) is 3.14. The minimum absolute atomic E-state index is 0.469. The van der Waals surface area contributed by atoms with E-state index in [2.05, 4.69) is 20.6 Å². The zero-order valence-electron chi connectivity index (χ0n) is 10.0. The fourth-order valence-corrected chi connectivity index (χ4v) is 2.18. The van der Waals surface area contributed by atoms with Crippen molar-refractivity contribution in [2.24, 2.45) is 0 Å². The molecule has 0 saturated heterocycles. The van der Waals surface area contributed by atoms with Crippen LogP contribution < -0.4 is 10.6 Å². The molecule has 0 spiro atoms. The quantitative estimate of drug-likeness (QED) is 0.637. The van der Waals surface area contributed by atoms with Crippen LogP contribution in [0.15, 0.2) is 18.5 Å². The van der Waals surface area contributed by atoms with Crippen LogP contribution in [-0.2, 0) is 0 Å². The monoisotopic (exact) mass is 236 g/mol. The van der Waals surface area contributed by atoms with Gasteiger partial charge in [0.2, 0.25) is 5.95 Å². The Morgan fingerprint density at radius 1 is 1.18 bits per heavy atom. The predicted molar refractivity (Wildman–Crippen MR) is 66.8 cm³/mol. The molecule has 17 heavy (non-hydrogen) atoms. The normalized spacial score (nSPS) is 18.2. The summed E-state index contributed by atoms with van der Waals surface area (Å²) in [6.45, 7) is 2.25. The summed E-state index contributed by atoms with van der Waals surface area (Å²) in [6.07, 6.45) is 7.57. The highest BCUT2D eigenvalue weighted by atomic mass is 16.3. The summed E-state index contributed by atoms with van der Waals surface area (Å²) in [5.41, 5.74) is -0.469. The number of nitrogens with one attached hydrogen (secondary N) is 2. The first-order chi connectivity index (χ1) is 8.29. The van der Waals surface area contributed by atoms with Gasteiger partial charge in [-0.1, -0.05) is 12.8 Å². The van der Waals surface area contributed by atoms with E-state index in [1.807, 2.05) is 0 Å².